The number of phenols is 1. The van der Waals surface area contributed by atoms with Gasteiger partial charge in [0.1, 0.15) is 23.6 Å². The van der Waals surface area contributed by atoms with E-state index in [2.05, 4.69) is 25.5 Å². The zero-order valence-electron chi connectivity index (χ0n) is 11.7. The predicted molar refractivity (Wildman–Crippen MR) is 78.4 cm³/mol. The third-order valence-corrected chi connectivity index (χ3v) is 3.30. The molecule has 0 bridgehead atoms. The smallest absolute Gasteiger partial charge is 0.160 e. The lowest BCUT2D eigenvalue weighted by atomic mass is 10.1. The quantitative estimate of drug-likeness (QED) is 0.680. The van der Waals surface area contributed by atoms with Crippen LogP contribution in [0.15, 0.2) is 30.7 Å². The van der Waals surface area contributed by atoms with Crippen molar-refractivity contribution in [3.8, 4) is 11.5 Å². The molecule has 108 valence electrons. The van der Waals surface area contributed by atoms with Crippen LogP contribution in [0.2, 0.25) is 0 Å². The van der Waals surface area contributed by atoms with Crippen LogP contribution in [0.25, 0.3) is 11.0 Å². The van der Waals surface area contributed by atoms with E-state index >= 15 is 0 Å². The van der Waals surface area contributed by atoms with E-state index in [9.17, 15) is 5.11 Å². The number of H-pyrrole nitrogens is 1. The highest BCUT2D eigenvalue weighted by Gasteiger charge is 2.14. The van der Waals surface area contributed by atoms with E-state index in [1.807, 2.05) is 6.92 Å². The van der Waals surface area contributed by atoms with Crippen LogP contribution in [-0.4, -0.2) is 32.4 Å². The predicted octanol–water partition coefficient (Wildman–Crippen LogP) is 2.24. The number of aromatic nitrogens is 4. The molecule has 1 aromatic carbocycles. The summed E-state index contributed by atoms with van der Waals surface area (Å²) in [6, 6.07) is 4.96. The normalized spacial score (nSPS) is 12.3. The summed E-state index contributed by atoms with van der Waals surface area (Å²) >= 11 is 0. The molecule has 0 aliphatic carbocycles. The van der Waals surface area contributed by atoms with Crippen molar-refractivity contribution in [2.24, 2.45) is 0 Å². The molecule has 7 heteroatoms. The van der Waals surface area contributed by atoms with Crippen LogP contribution >= 0.6 is 0 Å². The topological polar surface area (TPSA) is 96.0 Å². The fourth-order valence-electron chi connectivity index (χ4n) is 2.17. The molecule has 1 atom stereocenters. The third-order valence-electron chi connectivity index (χ3n) is 3.30. The van der Waals surface area contributed by atoms with Gasteiger partial charge in [0, 0.05) is 5.56 Å². The molecule has 1 unspecified atom stereocenters. The molecule has 0 aliphatic rings. The highest BCUT2D eigenvalue weighted by Crippen LogP contribution is 2.31. The van der Waals surface area contributed by atoms with Gasteiger partial charge in [-0.3, -0.25) is 5.10 Å². The number of benzene rings is 1. The Morgan fingerprint density at radius 3 is 3.00 bits per heavy atom. The van der Waals surface area contributed by atoms with Crippen LogP contribution in [-0.2, 0) is 0 Å². The van der Waals surface area contributed by atoms with Crippen LogP contribution in [0.3, 0.4) is 0 Å². The van der Waals surface area contributed by atoms with Crippen molar-refractivity contribution >= 4 is 16.9 Å². The Labute approximate surface area is 121 Å². The Hall–Kier alpha value is -2.83. The maximum absolute atomic E-state index is 10.0. The number of nitrogens with zero attached hydrogens (tertiary/aromatic N) is 3. The molecule has 0 fully saturated rings. The Morgan fingerprint density at radius 1 is 1.33 bits per heavy atom. The molecule has 2 heterocycles. The largest absolute Gasteiger partial charge is 0.508 e. The molecule has 7 nitrogen and oxygen atoms in total. The van der Waals surface area contributed by atoms with E-state index in [4.69, 9.17) is 4.74 Å². The number of phenolic OH excluding ortho intramolecular Hbond substituents is 1. The molecule has 0 amide bonds. The lowest BCUT2D eigenvalue weighted by Crippen LogP contribution is -2.09. The van der Waals surface area contributed by atoms with E-state index < -0.39 is 0 Å². The minimum Gasteiger partial charge on any atom is -0.508 e. The van der Waals surface area contributed by atoms with Crippen molar-refractivity contribution in [3.63, 3.8) is 0 Å². The van der Waals surface area contributed by atoms with Crippen molar-refractivity contribution in [3.05, 3.63) is 36.3 Å². The van der Waals surface area contributed by atoms with E-state index in [1.165, 1.54) is 6.33 Å². The average Bonchev–Trinajstić information content (AvgIpc) is 2.97. The molecule has 3 N–H and O–H groups in total. The SMILES string of the molecule is COc1ccc(O)c(C(C)Nc2ncnc3[nH]ncc23)c1. The molecule has 3 rings (SSSR count). The summed E-state index contributed by atoms with van der Waals surface area (Å²) in [7, 11) is 1.59. The first-order valence-electron chi connectivity index (χ1n) is 6.46. The fraction of sp³-hybridized carbons (Fsp3) is 0.214. The van der Waals surface area contributed by atoms with Crippen molar-refractivity contribution < 1.29 is 9.84 Å². The van der Waals surface area contributed by atoms with Crippen LogP contribution < -0.4 is 10.1 Å². The molecule has 0 saturated carbocycles. The summed E-state index contributed by atoms with van der Waals surface area (Å²) in [5.74, 6) is 1.55. The van der Waals surface area contributed by atoms with Gasteiger partial charge >= 0.3 is 0 Å². The minimum absolute atomic E-state index is 0.159. The molecule has 0 aliphatic heterocycles. The van der Waals surface area contributed by atoms with E-state index in [1.54, 1.807) is 31.5 Å². The first-order chi connectivity index (χ1) is 10.2. The molecular formula is C14H15N5O2. The number of hydrogen-bond donors (Lipinski definition) is 3. The van der Waals surface area contributed by atoms with Gasteiger partial charge < -0.3 is 15.2 Å². The first kappa shape index (κ1) is 13.2. The standard InChI is InChI=1S/C14H15N5O2/c1-8(10-5-9(21-2)3-4-12(10)20)18-13-11-6-17-19-14(11)16-7-15-13/h3-8,20H,1-2H3,(H2,15,16,17,18,19). The number of aromatic hydroxyl groups is 1. The number of hydrogen-bond acceptors (Lipinski definition) is 6. The van der Waals surface area contributed by atoms with Gasteiger partial charge in [-0.15, -0.1) is 0 Å². The van der Waals surface area contributed by atoms with Gasteiger partial charge in [-0.2, -0.15) is 5.10 Å². The van der Waals surface area contributed by atoms with Gasteiger partial charge in [0.2, 0.25) is 0 Å². The van der Waals surface area contributed by atoms with Gasteiger partial charge in [0.15, 0.2) is 5.65 Å². The maximum Gasteiger partial charge on any atom is 0.160 e. The molecule has 21 heavy (non-hydrogen) atoms. The van der Waals surface area contributed by atoms with Gasteiger partial charge in [-0.1, -0.05) is 0 Å². The summed E-state index contributed by atoms with van der Waals surface area (Å²) in [5, 5.41) is 20.8. The van der Waals surface area contributed by atoms with Crippen LogP contribution in [0, 0.1) is 0 Å². The summed E-state index contributed by atoms with van der Waals surface area (Å²) in [6.45, 7) is 1.93. The van der Waals surface area contributed by atoms with Crippen molar-refractivity contribution in [2.75, 3.05) is 12.4 Å². The highest BCUT2D eigenvalue weighted by atomic mass is 16.5. The van der Waals surface area contributed by atoms with E-state index in [0.29, 0.717) is 17.2 Å². The van der Waals surface area contributed by atoms with Gasteiger partial charge in [-0.25, -0.2) is 9.97 Å². The fourth-order valence-corrected chi connectivity index (χ4v) is 2.17. The number of methoxy groups -OCH3 is 1. The summed E-state index contributed by atoms with van der Waals surface area (Å²) < 4.78 is 5.19. The number of ether oxygens (including phenoxy) is 1. The summed E-state index contributed by atoms with van der Waals surface area (Å²) in [6.07, 6.45) is 3.12. The van der Waals surface area contributed by atoms with E-state index in [0.717, 1.165) is 10.9 Å². The Kier molecular flexibility index (Phi) is 3.31. The van der Waals surface area contributed by atoms with Crippen molar-refractivity contribution in [2.45, 2.75) is 13.0 Å². The van der Waals surface area contributed by atoms with Crippen molar-refractivity contribution in [1.82, 2.24) is 20.2 Å². The number of nitrogens with one attached hydrogen (secondary N) is 2. The molecule has 3 aromatic rings. The van der Waals surface area contributed by atoms with Gasteiger partial charge in [-0.05, 0) is 25.1 Å². The number of fused-ring (bicyclic) bond motifs is 1. The average molecular weight is 285 g/mol. The molecule has 2 aromatic heterocycles. The van der Waals surface area contributed by atoms with Gasteiger partial charge in [0.05, 0.1) is 24.7 Å². The summed E-state index contributed by atoms with van der Waals surface area (Å²) in [5.41, 5.74) is 1.39. The minimum atomic E-state index is -0.159. The third kappa shape index (κ3) is 2.45. The highest BCUT2D eigenvalue weighted by molar-refractivity contribution is 5.85. The first-order valence-corrected chi connectivity index (χ1v) is 6.46. The zero-order valence-corrected chi connectivity index (χ0v) is 11.7. The lowest BCUT2D eigenvalue weighted by Gasteiger charge is -2.17. The summed E-state index contributed by atoms with van der Waals surface area (Å²) in [4.78, 5) is 8.31. The molecule has 0 saturated heterocycles. The monoisotopic (exact) mass is 285 g/mol. The van der Waals surface area contributed by atoms with E-state index in [-0.39, 0.29) is 11.8 Å². The second kappa shape index (κ2) is 5.28. The maximum atomic E-state index is 10.0. The van der Waals surface area contributed by atoms with Crippen LogP contribution in [0.1, 0.15) is 18.5 Å². The lowest BCUT2D eigenvalue weighted by molar-refractivity contribution is 0.410. The zero-order chi connectivity index (χ0) is 14.8. The number of aromatic amines is 1. The molecule has 0 radical (unpaired) electrons. The second-order valence-corrected chi connectivity index (χ2v) is 4.65. The van der Waals surface area contributed by atoms with Crippen LogP contribution in [0.5, 0.6) is 11.5 Å². The molecule has 0 spiro atoms. The number of rotatable bonds is 4. The Morgan fingerprint density at radius 2 is 2.19 bits per heavy atom. The Bertz CT molecular complexity index is 771. The number of anilines is 1. The Balaban J connectivity index is 1.93. The van der Waals surface area contributed by atoms with Crippen LogP contribution in [0.4, 0.5) is 5.82 Å². The van der Waals surface area contributed by atoms with Crippen molar-refractivity contribution in [1.29, 1.82) is 0 Å². The van der Waals surface area contributed by atoms with Gasteiger partial charge in [0.25, 0.3) is 0 Å². The second-order valence-electron chi connectivity index (χ2n) is 4.65. The molecular weight excluding hydrogens is 270 g/mol.